The zero-order valence-electron chi connectivity index (χ0n) is 20.7. The van der Waals surface area contributed by atoms with E-state index >= 15 is 0 Å². The Bertz CT molecular complexity index is 1350. The summed E-state index contributed by atoms with van der Waals surface area (Å²) in [6, 6.07) is 36.0. The average molecular weight is 456 g/mol. The summed E-state index contributed by atoms with van der Waals surface area (Å²) in [5, 5.41) is 0. The maximum Gasteiger partial charge on any atom is 0.0632 e. The van der Waals surface area contributed by atoms with Crippen molar-refractivity contribution in [2.75, 3.05) is 0 Å². The number of nitrogens with zero attached hydrogens (tertiary/aromatic N) is 1. The molecule has 0 aliphatic heterocycles. The van der Waals surface area contributed by atoms with Crippen molar-refractivity contribution in [1.29, 1.82) is 0 Å². The molecule has 4 aromatic carbocycles. The molecule has 2 unspecified atom stereocenters. The molecule has 0 fully saturated rings. The lowest BCUT2D eigenvalue weighted by Gasteiger charge is -2.39. The van der Waals surface area contributed by atoms with Gasteiger partial charge in [-0.2, -0.15) is 0 Å². The van der Waals surface area contributed by atoms with Gasteiger partial charge in [0.05, 0.1) is 12.0 Å². The van der Waals surface area contributed by atoms with Crippen molar-refractivity contribution < 1.29 is 0 Å². The first kappa shape index (κ1) is 23.1. The summed E-state index contributed by atoms with van der Waals surface area (Å²) < 4.78 is 0. The summed E-state index contributed by atoms with van der Waals surface area (Å²) in [5.74, 6) is 0.374. The molecule has 0 saturated carbocycles. The van der Waals surface area contributed by atoms with Crippen LogP contribution >= 0.6 is 0 Å². The van der Waals surface area contributed by atoms with Gasteiger partial charge in [0.15, 0.2) is 0 Å². The maximum atomic E-state index is 4.02. The summed E-state index contributed by atoms with van der Waals surface area (Å²) in [7, 11) is 0. The highest BCUT2D eigenvalue weighted by Crippen LogP contribution is 2.58. The Hall–Kier alpha value is -3.71. The van der Waals surface area contributed by atoms with Crippen LogP contribution in [-0.4, -0.2) is 6.72 Å². The van der Waals surface area contributed by atoms with Gasteiger partial charge < -0.3 is 0 Å². The molecular formula is C34H33N. The van der Waals surface area contributed by atoms with Gasteiger partial charge in [-0.25, -0.2) is 0 Å². The third-order valence-electron chi connectivity index (χ3n) is 7.48. The third kappa shape index (κ3) is 3.86. The molecule has 0 N–H and O–H groups in total. The van der Waals surface area contributed by atoms with Crippen LogP contribution in [0.3, 0.4) is 0 Å². The fraction of sp³-hybridized carbons (Fsp3) is 0.206. The summed E-state index contributed by atoms with van der Waals surface area (Å²) in [4.78, 5) is 4.02. The minimum Gasteiger partial charge on any atom is -0.296 e. The van der Waals surface area contributed by atoms with E-state index in [9.17, 15) is 0 Å². The molecule has 35 heavy (non-hydrogen) atoms. The van der Waals surface area contributed by atoms with E-state index in [-0.39, 0.29) is 5.41 Å². The quantitative estimate of drug-likeness (QED) is 0.186. The second kappa shape index (κ2) is 9.88. The number of aliphatic imine (C=N–C) groups is 1. The monoisotopic (exact) mass is 455 g/mol. The molecule has 4 aromatic rings. The molecule has 0 spiro atoms. The first-order valence-electron chi connectivity index (χ1n) is 12.7. The third-order valence-corrected chi connectivity index (χ3v) is 7.48. The molecule has 0 saturated heterocycles. The van der Waals surface area contributed by atoms with Gasteiger partial charge in [0.1, 0.15) is 0 Å². The number of hydrogen-bond acceptors (Lipinski definition) is 1. The fourth-order valence-corrected chi connectivity index (χ4v) is 6.06. The van der Waals surface area contributed by atoms with Crippen LogP contribution in [0.4, 0.5) is 0 Å². The van der Waals surface area contributed by atoms with Crippen molar-refractivity contribution in [3.05, 3.63) is 131 Å². The second-order valence-corrected chi connectivity index (χ2v) is 9.48. The first-order chi connectivity index (χ1) is 17.2. The number of allylic oxidation sites excluding steroid dienone is 2. The highest BCUT2D eigenvalue weighted by Gasteiger charge is 2.48. The molecule has 0 amide bonds. The molecule has 2 atom stereocenters. The number of benzene rings is 4. The molecule has 0 radical (unpaired) electrons. The largest absolute Gasteiger partial charge is 0.296 e. The Morgan fingerprint density at radius 2 is 1.49 bits per heavy atom. The van der Waals surface area contributed by atoms with E-state index in [1.165, 1.54) is 44.5 Å². The minimum atomic E-state index is -0.201. The van der Waals surface area contributed by atoms with Crippen LogP contribution in [-0.2, 0) is 12.0 Å². The molecule has 0 aromatic heterocycles. The van der Waals surface area contributed by atoms with Crippen molar-refractivity contribution in [2.45, 2.75) is 38.6 Å². The van der Waals surface area contributed by atoms with Crippen molar-refractivity contribution in [3.63, 3.8) is 0 Å². The molecule has 0 bridgehead atoms. The van der Waals surface area contributed by atoms with E-state index in [1.54, 1.807) is 0 Å². The minimum absolute atomic E-state index is 0.201. The normalized spacial score (nSPS) is 17.2. The Balaban J connectivity index is 1.76. The highest BCUT2D eigenvalue weighted by molar-refractivity contribution is 5.87. The molecule has 1 aliphatic carbocycles. The zero-order chi connectivity index (χ0) is 24.3. The zero-order valence-corrected chi connectivity index (χ0v) is 20.7. The topological polar surface area (TPSA) is 12.4 Å². The van der Waals surface area contributed by atoms with Gasteiger partial charge >= 0.3 is 0 Å². The van der Waals surface area contributed by atoms with Gasteiger partial charge in [-0.1, -0.05) is 116 Å². The predicted octanol–water partition coefficient (Wildman–Crippen LogP) is 8.86. The molecule has 0 heterocycles. The molecule has 174 valence electrons. The Kier molecular flexibility index (Phi) is 6.51. The molecule has 1 nitrogen and oxygen atoms in total. The van der Waals surface area contributed by atoms with E-state index in [2.05, 4.69) is 135 Å². The van der Waals surface area contributed by atoms with Gasteiger partial charge in [0.25, 0.3) is 0 Å². The van der Waals surface area contributed by atoms with Crippen LogP contribution in [0.25, 0.3) is 22.3 Å². The van der Waals surface area contributed by atoms with E-state index < -0.39 is 0 Å². The van der Waals surface area contributed by atoms with E-state index in [0.29, 0.717) is 12.5 Å². The fourth-order valence-electron chi connectivity index (χ4n) is 6.06. The smallest absolute Gasteiger partial charge is 0.0632 e. The summed E-state index contributed by atoms with van der Waals surface area (Å²) >= 11 is 0. The molecule has 1 heteroatoms. The number of fused-ring (bicyclic) bond motifs is 3. The summed E-state index contributed by atoms with van der Waals surface area (Å²) in [6.07, 6.45) is 6.95. The predicted molar refractivity (Wildman–Crippen MR) is 150 cm³/mol. The lowest BCUT2D eigenvalue weighted by atomic mass is 9.62. The van der Waals surface area contributed by atoms with Gasteiger partial charge in [0, 0.05) is 0 Å². The maximum absolute atomic E-state index is 4.02. The highest BCUT2D eigenvalue weighted by atomic mass is 14.7. The van der Waals surface area contributed by atoms with Crippen molar-refractivity contribution in [3.8, 4) is 22.3 Å². The molecular weight excluding hydrogens is 422 g/mol. The summed E-state index contributed by atoms with van der Waals surface area (Å²) in [5.41, 5.74) is 10.4. The van der Waals surface area contributed by atoms with E-state index in [4.69, 9.17) is 0 Å². The molecule has 5 rings (SSSR count). The van der Waals surface area contributed by atoms with Gasteiger partial charge in [-0.3, -0.25) is 4.99 Å². The first-order valence-corrected chi connectivity index (χ1v) is 12.7. The standard InChI is InChI=1S/C34H33N/c1-4-11-28(12-5-2)34(29-13-7-6-8-14-29)32-16-10-9-15-30(32)31-23-27(21-22-33(31)34)26-19-17-25(18-20-26)24-35-3/h4,6-11,13-23,28H,3,5,12,24H2,1-2H3/b11-4-. The van der Waals surface area contributed by atoms with Crippen LogP contribution in [0.1, 0.15) is 48.9 Å². The Morgan fingerprint density at radius 1 is 0.800 bits per heavy atom. The van der Waals surface area contributed by atoms with Gasteiger partial charge in [-0.15, -0.1) is 0 Å². The summed E-state index contributed by atoms with van der Waals surface area (Å²) in [6.45, 7) is 8.72. The lowest BCUT2D eigenvalue weighted by molar-refractivity contribution is 0.423. The van der Waals surface area contributed by atoms with Crippen molar-refractivity contribution in [2.24, 2.45) is 10.9 Å². The lowest BCUT2D eigenvalue weighted by Crippen LogP contribution is -2.35. The Labute approximate surface area is 209 Å². The molecule has 1 aliphatic rings. The van der Waals surface area contributed by atoms with Crippen molar-refractivity contribution >= 4 is 6.72 Å². The second-order valence-electron chi connectivity index (χ2n) is 9.48. The van der Waals surface area contributed by atoms with Crippen LogP contribution in [0.5, 0.6) is 0 Å². The van der Waals surface area contributed by atoms with E-state index in [0.717, 1.165) is 12.8 Å². The Morgan fingerprint density at radius 3 is 2.20 bits per heavy atom. The van der Waals surface area contributed by atoms with Gasteiger partial charge in [-0.05, 0) is 76.6 Å². The average Bonchev–Trinajstić information content (AvgIpc) is 3.20. The number of rotatable bonds is 8. The van der Waals surface area contributed by atoms with Crippen LogP contribution < -0.4 is 0 Å². The van der Waals surface area contributed by atoms with Crippen LogP contribution in [0.2, 0.25) is 0 Å². The van der Waals surface area contributed by atoms with Gasteiger partial charge in [0.2, 0.25) is 0 Å². The SMILES string of the molecule is C=NCc1ccc(-c2ccc3c(c2)-c2ccccc2C3(c2ccccc2)C(/C=C\C)CCC)cc1. The number of hydrogen-bond donors (Lipinski definition) is 0. The van der Waals surface area contributed by atoms with E-state index in [1.807, 2.05) is 0 Å². The van der Waals surface area contributed by atoms with Crippen LogP contribution in [0, 0.1) is 5.92 Å². The van der Waals surface area contributed by atoms with Crippen molar-refractivity contribution in [1.82, 2.24) is 0 Å². The van der Waals surface area contributed by atoms with Crippen LogP contribution in [0.15, 0.2) is 114 Å².